The fraction of sp³-hybridized carbons (Fsp3) is 0.316. The van der Waals surface area contributed by atoms with Crippen LogP contribution >= 0.6 is 0 Å². The third-order valence-electron chi connectivity index (χ3n) is 3.70. The molecule has 0 radical (unpaired) electrons. The number of aromatic nitrogens is 1. The van der Waals surface area contributed by atoms with Crippen molar-refractivity contribution in [3.8, 4) is 11.1 Å². The van der Waals surface area contributed by atoms with Gasteiger partial charge in [0.25, 0.3) is 0 Å². The molecule has 0 saturated carbocycles. The molecule has 4 heteroatoms. The van der Waals surface area contributed by atoms with Crippen molar-refractivity contribution < 1.29 is 14.7 Å². The molecule has 1 aromatic carbocycles. The molecule has 2 rings (SSSR count). The van der Waals surface area contributed by atoms with Crippen molar-refractivity contribution in [2.45, 2.75) is 38.5 Å². The number of rotatable bonds is 9. The summed E-state index contributed by atoms with van der Waals surface area (Å²) in [6, 6.07) is 13.6. The highest BCUT2D eigenvalue weighted by atomic mass is 16.4. The molecule has 0 fully saturated rings. The first-order chi connectivity index (χ1) is 11.2. The van der Waals surface area contributed by atoms with E-state index >= 15 is 0 Å². The average Bonchev–Trinajstić information content (AvgIpc) is 2.58. The summed E-state index contributed by atoms with van der Waals surface area (Å²) in [6.07, 6.45) is 5.58. The highest BCUT2D eigenvalue weighted by Gasteiger charge is 2.08. The molecule has 0 unspecified atom stereocenters. The summed E-state index contributed by atoms with van der Waals surface area (Å²) in [5.74, 6) is -0.716. The van der Waals surface area contributed by atoms with Crippen LogP contribution in [-0.2, 0) is 4.79 Å². The van der Waals surface area contributed by atoms with Crippen LogP contribution in [0.25, 0.3) is 11.1 Å². The number of ketones is 1. The number of unbranched alkanes of at least 4 members (excludes halogenated alkanes) is 3. The van der Waals surface area contributed by atoms with Crippen molar-refractivity contribution >= 4 is 11.8 Å². The van der Waals surface area contributed by atoms with Crippen LogP contribution in [0.5, 0.6) is 0 Å². The molecular weight excluding hydrogens is 290 g/mol. The van der Waals surface area contributed by atoms with E-state index in [0.29, 0.717) is 18.5 Å². The fourth-order valence-corrected chi connectivity index (χ4v) is 2.40. The monoisotopic (exact) mass is 311 g/mol. The second-order valence-electron chi connectivity index (χ2n) is 5.53. The van der Waals surface area contributed by atoms with Gasteiger partial charge in [-0.1, -0.05) is 49.2 Å². The van der Waals surface area contributed by atoms with Crippen molar-refractivity contribution in [2.75, 3.05) is 0 Å². The van der Waals surface area contributed by atoms with Crippen molar-refractivity contribution in [2.24, 2.45) is 0 Å². The maximum Gasteiger partial charge on any atom is 0.303 e. The van der Waals surface area contributed by atoms with Gasteiger partial charge in [0, 0.05) is 24.6 Å². The summed E-state index contributed by atoms with van der Waals surface area (Å²) in [7, 11) is 0. The molecule has 1 heterocycles. The van der Waals surface area contributed by atoms with E-state index in [1.165, 1.54) is 0 Å². The average molecular weight is 311 g/mol. The van der Waals surface area contributed by atoms with Gasteiger partial charge < -0.3 is 5.11 Å². The van der Waals surface area contributed by atoms with Crippen molar-refractivity contribution in [1.29, 1.82) is 0 Å². The standard InChI is InChI=1S/C19H21NO3/c21-18(10-6-1-2-7-11-19(22)23)17-13-12-16(14-20-17)15-8-4-3-5-9-15/h3-5,8-9,12-14H,1-2,6-7,10-11H2,(H,22,23). The molecule has 1 N–H and O–H groups in total. The SMILES string of the molecule is O=C(O)CCCCCCC(=O)c1ccc(-c2ccccc2)cn1. The third-order valence-corrected chi connectivity index (χ3v) is 3.70. The van der Waals surface area contributed by atoms with Crippen LogP contribution in [0.2, 0.25) is 0 Å². The first-order valence-electron chi connectivity index (χ1n) is 7.93. The smallest absolute Gasteiger partial charge is 0.303 e. The largest absolute Gasteiger partial charge is 0.481 e. The molecule has 0 saturated heterocycles. The summed E-state index contributed by atoms with van der Waals surface area (Å²) in [5, 5.41) is 8.55. The van der Waals surface area contributed by atoms with Gasteiger partial charge in [0.15, 0.2) is 5.78 Å². The van der Waals surface area contributed by atoms with Crippen LogP contribution in [0, 0.1) is 0 Å². The lowest BCUT2D eigenvalue weighted by Crippen LogP contribution is -2.02. The molecule has 120 valence electrons. The molecule has 0 aliphatic rings. The second-order valence-corrected chi connectivity index (χ2v) is 5.53. The topological polar surface area (TPSA) is 67.3 Å². The lowest BCUT2D eigenvalue weighted by molar-refractivity contribution is -0.137. The van der Waals surface area contributed by atoms with Gasteiger partial charge in [0.2, 0.25) is 0 Å². The van der Waals surface area contributed by atoms with Gasteiger partial charge in [-0.15, -0.1) is 0 Å². The summed E-state index contributed by atoms with van der Waals surface area (Å²) in [5.41, 5.74) is 2.57. The van der Waals surface area contributed by atoms with Crippen molar-refractivity contribution in [1.82, 2.24) is 4.98 Å². The lowest BCUT2D eigenvalue weighted by atomic mass is 10.0. The van der Waals surface area contributed by atoms with Gasteiger partial charge in [0.1, 0.15) is 5.69 Å². The van der Waals surface area contributed by atoms with E-state index < -0.39 is 5.97 Å². The first kappa shape index (κ1) is 16.9. The molecule has 0 aliphatic heterocycles. The van der Waals surface area contributed by atoms with E-state index in [9.17, 15) is 9.59 Å². The number of carbonyl (C=O) groups is 2. The second kappa shape index (κ2) is 8.83. The van der Waals surface area contributed by atoms with E-state index in [4.69, 9.17) is 5.11 Å². The van der Waals surface area contributed by atoms with Gasteiger partial charge in [-0.05, 0) is 24.5 Å². The molecule has 23 heavy (non-hydrogen) atoms. The Labute approximate surface area is 136 Å². The number of hydrogen-bond donors (Lipinski definition) is 1. The van der Waals surface area contributed by atoms with Gasteiger partial charge >= 0.3 is 5.97 Å². The molecule has 0 spiro atoms. The number of Topliss-reactive ketones (excluding diaryl/α,β-unsaturated/α-hetero) is 1. The minimum absolute atomic E-state index is 0.0443. The Morgan fingerprint density at radius 3 is 2.13 bits per heavy atom. The number of nitrogens with zero attached hydrogens (tertiary/aromatic N) is 1. The lowest BCUT2D eigenvalue weighted by Gasteiger charge is -2.04. The number of benzene rings is 1. The number of aliphatic carboxylic acids is 1. The highest BCUT2D eigenvalue weighted by Crippen LogP contribution is 2.18. The van der Waals surface area contributed by atoms with Crippen LogP contribution in [0.3, 0.4) is 0 Å². The minimum atomic E-state index is -0.760. The van der Waals surface area contributed by atoms with E-state index in [1.807, 2.05) is 36.4 Å². The quantitative estimate of drug-likeness (QED) is 0.552. The maximum absolute atomic E-state index is 12.1. The summed E-state index contributed by atoms with van der Waals surface area (Å²) in [4.78, 5) is 26.7. The first-order valence-corrected chi connectivity index (χ1v) is 7.93. The Hall–Kier alpha value is -2.49. The zero-order chi connectivity index (χ0) is 16.5. The normalized spacial score (nSPS) is 10.4. The van der Waals surface area contributed by atoms with Crippen molar-refractivity contribution in [3.05, 3.63) is 54.4 Å². The zero-order valence-electron chi connectivity index (χ0n) is 13.1. The predicted molar refractivity (Wildman–Crippen MR) is 89.3 cm³/mol. The van der Waals surface area contributed by atoms with Gasteiger partial charge in [-0.25, -0.2) is 0 Å². The van der Waals surface area contributed by atoms with Gasteiger partial charge in [0.05, 0.1) is 0 Å². The van der Waals surface area contributed by atoms with Crippen LogP contribution in [0.4, 0.5) is 0 Å². The van der Waals surface area contributed by atoms with Gasteiger partial charge in [-0.2, -0.15) is 0 Å². The Morgan fingerprint density at radius 1 is 0.826 bits per heavy atom. The fourth-order valence-electron chi connectivity index (χ4n) is 2.40. The maximum atomic E-state index is 12.1. The number of hydrogen-bond acceptors (Lipinski definition) is 3. The predicted octanol–water partition coefficient (Wildman–Crippen LogP) is 4.36. The molecule has 2 aromatic rings. The number of carbonyl (C=O) groups excluding carboxylic acids is 1. The summed E-state index contributed by atoms with van der Waals surface area (Å²) < 4.78 is 0. The zero-order valence-corrected chi connectivity index (χ0v) is 13.1. The molecule has 0 atom stereocenters. The number of carboxylic acid groups (broad SMARTS) is 1. The Balaban J connectivity index is 1.78. The Morgan fingerprint density at radius 2 is 1.52 bits per heavy atom. The third kappa shape index (κ3) is 5.66. The minimum Gasteiger partial charge on any atom is -0.481 e. The molecule has 0 amide bonds. The van der Waals surface area contributed by atoms with Crippen molar-refractivity contribution in [3.63, 3.8) is 0 Å². The molecule has 0 bridgehead atoms. The summed E-state index contributed by atoms with van der Waals surface area (Å²) in [6.45, 7) is 0. The van der Waals surface area contributed by atoms with Crippen LogP contribution < -0.4 is 0 Å². The van der Waals surface area contributed by atoms with E-state index in [2.05, 4.69) is 4.98 Å². The molecule has 4 nitrogen and oxygen atoms in total. The van der Waals surface area contributed by atoms with Crippen LogP contribution in [0.1, 0.15) is 49.0 Å². The molecular formula is C19H21NO3. The van der Waals surface area contributed by atoms with E-state index in [1.54, 1.807) is 12.3 Å². The van der Waals surface area contributed by atoms with Crippen LogP contribution in [-0.4, -0.2) is 21.8 Å². The molecule has 1 aromatic heterocycles. The Kier molecular flexibility index (Phi) is 6.48. The Bertz CT molecular complexity index is 635. The van der Waals surface area contributed by atoms with E-state index in [0.717, 1.165) is 30.4 Å². The number of carboxylic acids is 1. The van der Waals surface area contributed by atoms with Gasteiger partial charge in [-0.3, -0.25) is 14.6 Å². The highest BCUT2D eigenvalue weighted by molar-refractivity contribution is 5.94. The summed E-state index contributed by atoms with van der Waals surface area (Å²) >= 11 is 0. The molecule has 0 aliphatic carbocycles. The van der Waals surface area contributed by atoms with E-state index in [-0.39, 0.29) is 12.2 Å². The number of pyridine rings is 1. The van der Waals surface area contributed by atoms with Crippen LogP contribution in [0.15, 0.2) is 48.7 Å².